The highest BCUT2D eigenvalue weighted by atomic mass is 79.9. The zero-order valence-corrected chi connectivity index (χ0v) is 11.8. The fourth-order valence-corrected chi connectivity index (χ4v) is 1.95. The maximum absolute atomic E-state index is 11.6. The second-order valence-electron chi connectivity index (χ2n) is 4.09. The lowest BCUT2D eigenvalue weighted by molar-refractivity contribution is -0.121. The van der Waals surface area contributed by atoms with Gasteiger partial charge in [-0.15, -0.1) is 0 Å². The molecule has 0 aliphatic heterocycles. The monoisotopic (exact) mass is 300 g/mol. The number of benzene rings is 1. The predicted molar refractivity (Wildman–Crippen MR) is 73.0 cm³/mol. The largest absolute Gasteiger partial charge is 0.397 e. The van der Waals surface area contributed by atoms with Gasteiger partial charge in [-0.05, 0) is 38.5 Å². The van der Waals surface area contributed by atoms with Crippen LogP contribution >= 0.6 is 15.9 Å². The molecule has 0 saturated carbocycles. The van der Waals surface area contributed by atoms with Crippen molar-refractivity contribution in [1.29, 1.82) is 0 Å². The Kier molecular flexibility index (Phi) is 4.96. The summed E-state index contributed by atoms with van der Waals surface area (Å²) in [4.78, 5) is 11.6. The number of carbonyl (C=O) groups is 1. The van der Waals surface area contributed by atoms with E-state index in [1.807, 2.05) is 26.8 Å². The molecule has 0 aliphatic rings. The maximum Gasteiger partial charge on any atom is 0.250 e. The first-order valence-electron chi connectivity index (χ1n) is 5.37. The number of nitrogens with one attached hydrogen (secondary N) is 1. The van der Waals surface area contributed by atoms with E-state index < -0.39 is 0 Å². The summed E-state index contributed by atoms with van der Waals surface area (Å²) in [6.45, 7) is 5.69. The molecule has 1 amide bonds. The van der Waals surface area contributed by atoms with Crippen LogP contribution in [0, 0.1) is 6.92 Å². The van der Waals surface area contributed by atoms with Gasteiger partial charge in [0.25, 0.3) is 0 Å². The summed E-state index contributed by atoms with van der Waals surface area (Å²) >= 11 is 3.35. The highest BCUT2D eigenvalue weighted by Crippen LogP contribution is 2.27. The molecule has 4 nitrogen and oxygen atoms in total. The molecule has 0 fully saturated rings. The Morgan fingerprint density at radius 2 is 2.18 bits per heavy atom. The van der Waals surface area contributed by atoms with Gasteiger partial charge in [-0.3, -0.25) is 4.79 Å². The van der Waals surface area contributed by atoms with Gasteiger partial charge in [0.2, 0.25) is 5.91 Å². The van der Waals surface area contributed by atoms with Crippen molar-refractivity contribution in [3.63, 3.8) is 0 Å². The number of carbonyl (C=O) groups excluding carboxylic acids is 1. The molecule has 0 spiro atoms. The fraction of sp³-hybridized carbons (Fsp3) is 0.417. The van der Waals surface area contributed by atoms with Crippen LogP contribution in [-0.2, 0) is 9.53 Å². The summed E-state index contributed by atoms with van der Waals surface area (Å²) in [5, 5.41) is 2.75. The number of anilines is 2. The lowest BCUT2D eigenvalue weighted by Gasteiger charge is -2.13. The molecular formula is C12H17BrN2O2. The molecule has 17 heavy (non-hydrogen) atoms. The SMILES string of the molecule is Cc1cc(Br)cc(N)c1NC(=O)COC(C)C. The average molecular weight is 301 g/mol. The quantitative estimate of drug-likeness (QED) is 0.840. The third kappa shape index (κ3) is 4.36. The van der Waals surface area contributed by atoms with Crippen LogP contribution in [0.25, 0.3) is 0 Å². The minimum atomic E-state index is -0.198. The molecule has 5 heteroatoms. The van der Waals surface area contributed by atoms with Crippen molar-refractivity contribution >= 4 is 33.2 Å². The Morgan fingerprint density at radius 1 is 1.53 bits per heavy atom. The Bertz CT molecular complexity index is 396. The number of hydrogen-bond donors (Lipinski definition) is 2. The number of halogens is 1. The second kappa shape index (κ2) is 6.02. The summed E-state index contributed by atoms with van der Waals surface area (Å²) in [5.74, 6) is -0.198. The van der Waals surface area contributed by atoms with Gasteiger partial charge in [0, 0.05) is 4.47 Å². The van der Waals surface area contributed by atoms with Crippen molar-refractivity contribution in [2.45, 2.75) is 26.9 Å². The third-order valence-electron chi connectivity index (χ3n) is 2.14. The van der Waals surface area contributed by atoms with Crippen LogP contribution in [0.15, 0.2) is 16.6 Å². The molecule has 1 rings (SSSR count). The molecule has 0 bridgehead atoms. The van der Waals surface area contributed by atoms with Crippen molar-refractivity contribution in [2.75, 3.05) is 17.7 Å². The molecule has 0 aromatic heterocycles. The van der Waals surface area contributed by atoms with Gasteiger partial charge in [-0.25, -0.2) is 0 Å². The normalized spacial score (nSPS) is 10.6. The summed E-state index contributed by atoms with van der Waals surface area (Å²) in [5.41, 5.74) is 7.93. The molecule has 3 N–H and O–H groups in total. The molecule has 0 unspecified atom stereocenters. The first kappa shape index (κ1) is 14.0. The lowest BCUT2D eigenvalue weighted by atomic mass is 10.1. The molecule has 0 heterocycles. The van der Waals surface area contributed by atoms with Crippen molar-refractivity contribution < 1.29 is 9.53 Å². The zero-order chi connectivity index (χ0) is 13.0. The number of nitrogens with two attached hydrogens (primary N) is 1. The van der Waals surface area contributed by atoms with Crippen molar-refractivity contribution in [1.82, 2.24) is 0 Å². The molecule has 0 atom stereocenters. The smallest absolute Gasteiger partial charge is 0.250 e. The van der Waals surface area contributed by atoms with Crippen LogP contribution in [0.5, 0.6) is 0 Å². The minimum absolute atomic E-state index is 0.0316. The average Bonchev–Trinajstić information content (AvgIpc) is 2.20. The van der Waals surface area contributed by atoms with E-state index in [9.17, 15) is 4.79 Å². The van der Waals surface area contributed by atoms with Crippen LogP contribution < -0.4 is 11.1 Å². The molecule has 0 saturated heterocycles. The highest BCUT2D eigenvalue weighted by molar-refractivity contribution is 9.10. The van der Waals surface area contributed by atoms with Gasteiger partial charge in [0.05, 0.1) is 17.5 Å². The van der Waals surface area contributed by atoms with Crippen LogP contribution in [0.3, 0.4) is 0 Å². The predicted octanol–water partition coefficient (Wildman–Crippen LogP) is 2.70. The van der Waals surface area contributed by atoms with E-state index >= 15 is 0 Å². The molecule has 1 aromatic rings. The first-order valence-corrected chi connectivity index (χ1v) is 6.16. The fourth-order valence-electron chi connectivity index (χ4n) is 1.36. The van der Waals surface area contributed by atoms with Crippen LogP contribution in [0.4, 0.5) is 11.4 Å². The zero-order valence-electron chi connectivity index (χ0n) is 10.2. The Hall–Kier alpha value is -1.07. The van der Waals surface area contributed by atoms with Gasteiger partial charge in [0.15, 0.2) is 0 Å². The first-order chi connectivity index (χ1) is 7.90. The van der Waals surface area contributed by atoms with Crippen LogP contribution in [0.2, 0.25) is 0 Å². The van der Waals surface area contributed by atoms with Gasteiger partial charge >= 0.3 is 0 Å². The van der Waals surface area contributed by atoms with E-state index in [0.29, 0.717) is 11.4 Å². The van der Waals surface area contributed by atoms with Crippen LogP contribution in [-0.4, -0.2) is 18.6 Å². The van der Waals surface area contributed by atoms with E-state index in [1.165, 1.54) is 0 Å². The van der Waals surface area contributed by atoms with Crippen molar-refractivity contribution in [3.05, 3.63) is 22.2 Å². The van der Waals surface area contributed by atoms with Gasteiger partial charge in [0.1, 0.15) is 6.61 Å². The topological polar surface area (TPSA) is 64.3 Å². The number of rotatable bonds is 4. The molecule has 0 radical (unpaired) electrons. The summed E-state index contributed by atoms with van der Waals surface area (Å²) < 4.78 is 6.11. The van der Waals surface area contributed by atoms with Crippen molar-refractivity contribution in [3.8, 4) is 0 Å². The molecule has 1 aromatic carbocycles. The standard InChI is InChI=1S/C12H17BrN2O2/c1-7(2)17-6-11(16)15-12-8(3)4-9(13)5-10(12)14/h4-5,7H,6,14H2,1-3H3,(H,15,16). The van der Waals surface area contributed by atoms with Gasteiger partial charge < -0.3 is 15.8 Å². The highest BCUT2D eigenvalue weighted by Gasteiger charge is 2.09. The van der Waals surface area contributed by atoms with Gasteiger partial charge in [-0.1, -0.05) is 15.9 Å². The number of aryl methyl sites for hydroxylation is 1. The third-order valence-corrected chi connectivity index (χ3v) is 2.60. The van der Waals surface area contributed by atoms with E-state index in [4.69, 9.17) is 10.5 Å². The number of amides is 1. The Balaban J connectivity index is 2.72. The summed E-state index contributed by atoms with van der Waals surface area (Å²) in [6, 6.07) is 3.65. The molecule has 0 aliphatic carbocycles. The minimum Gasteiger partial charge on any atom is -0.397 e. The number of ether oxygens (including phenoxy) is 1. The Morgan fingerprint density at radius 3 is 2.71 bits per heavy atom. The molecular weight excluding hydrogens is 284 g/mol. The lowest BCUT2D eigenvalue weighted by Crippen LogP contribution is -2.21. The second-order valence-corrected chi connectivity index (χ2v) is 5.01. The Labute approximate surface area is 110 Å². The summed E-state index contributed by atoms with van der Waals surface area (Å²) in [7, 11) is 0. The molecule has 94 valence electrons. The number of nitrogen functional groups attached to an aromatic ring is 1. The van der Waals surface area contributed by atoms with E-state index in [2.05, 4.69) is 21.2 Å². The van der Waals surface area contributed by atoms with Crippen LogP contribution in [0.1, 0.15) is 19.4 Å². The summed E-state index contributed by atoms with van der Waals surface area (Å²) in [6.07, 6.45) is 0.0316. The van der Waals surface area contributed by atoms with E-state index in [1.54, 1.807) is 6.07 Å². The van der Waals surface area contributed by atoms with E-state index in [0.717, 1.165) is 10.0 Å². The van der Waals surface area contributed by atoms with Gasteiger partial charge in [-0.2, -0.15) is 0 Å². The van der Waals surface area contributed by atoms with E-state index in [-0.39, 0.29) is 18.6 Å². The number of hydrogen-bond acceptors (Lipinski definition) is 3. The van der Waals surface area contributed by atoms with Crippen molar-refractivity contribution in [2.24, 2.45) is 0 Å². The maximum atomic E-state index is 11.6.